The molecule has 2 aliphatic carbocycles. The highest BCUT2D eigenvalue weighted by Gasteiger charge is 2.55. The molecule has 0 aromatic carbocycles. The Morgan fingerprint density at radius 2 is 2.21 bits per heavy atom. The minimum Gasteiger partial charge on any atom is -0.486 e. The summed E-state index contributed by atoms with van der Waals surface area (Å²) in [6, 6.07) is 0. The fourth-order valence-electron chi connectivity index (χ4n) is 3.63. The molecule has 0 amide bonds. The molecule has 1 heterocycles. The molecule has 2 atom stereocenters. The first kappa shape index (κ1) is 13.3. The molecule has 3 rings (SSSR count). The van der Waals surface area contributed by atoms with Gasteiger partial charge in [-0.15, -0.1) is 11.6 Å². The molecule has 1 aromatic heterocycles. The molecule has 1 spiro atoms. The zero-order valence-corrected chi connectivity index (χ0v) is 12.4. The van der Waals surface area contributed by atoms with Gasteiger partial charge in [0.2, 0.25) is 0 Å². The summed E-state index contributed by atoms with van der Waals surface area (Å²) >= 11 is 6.50. The molecule has 19 heavy (non-hydrogen) atoms. The Morgan fingerprint density at radius 3 is 2.89 bits per heavy atom. The minimum atomic E-state index is 0.243. The molecule has 0 radical (unpaired) electrons. The number of nitrogens with zero attached hydrogens (tertiary/aromatic N) is 2. The quantitative estimate of drug-likeness (QED) is 0.781. The summed E-state index contributed by atoms with van der Waals surface area (Å²) in [5.74, 6) is 0.909. The van der Waals surface area contributed by atoms with Crippen LogP contribution in [-0.2, 0) is 6.54 Å². The largest absolute Gasteiger partial charge is 0.486 e. The van der Waals surface area contributed by atoms with E-state index in [1.54, 1.807) is 0 Å². The fourth-order valence-corrected chi connectivity index (χ4v) is 4.15. The van der Waals surface area contributed by atoms with Crippen LogP contribution in [-0.4, -0.2) is 21.3 Å². The topological polar surface area (TPSA) is 27.1 Å². The summed E-state index contributed by atoms with van der Waals surface area (Å²) < 4.78 is 8.13. The Morgan fingerprint density at radius 1 is 1.42 bits per heavy atom. The predicted octanol–water partition coefficient (Wildman–Crippen LogP) is 4.00. The van der Waals surface area contributed by atoms with Gasteiger partial charge in [-0.3, -0.25) is 4.68 Å². The molecule has 3 nitrogen and oxygen atoms in total. The average molecular weight is 283 g/mol. The Balaban J connectivity index is 1.65. The van der Waals surface area contributed by atoms with Crippen LogP contribution in [0.25, 0.3) is 0 Å². The van der Waals surface area contributed by atoms with Crippen molar-refractivity contribution in [3.8, 4) is 5.75 Å². The van der Waals surface area contributed by atoms with E-state index in [0.29, 0.717) is 11.5 Å². The van der Waals surface area contributed by atoms with Crippen molar-refractivity contribution in [3.05, 3.63) is 12.4 Å². The van der Waals surface area contributed by atoms with Crippen LogP contribution in [0.15, 0.2) is 12.4 Å². The Bertz CT molecular complexity index is 426. The van der Waals surface area contributed by atoms with E-state index in [1.807, 2.05) is 17.1 Å². The van der Waals surface area contributed by atoms with E-state index >= 15 is 0 Å². The van der Waals surface area contributed by atoms with Crippen LogP contribution in [0.1, 0.15) is 51.9 Å². The van der Waals surface area contributed by atoms with E-state index < -0.39 is 0 Å². The lowest BCUT2D eigenvalue weighted by atomic mass is 9.58. The monoisotopic (exact) mass is 282 g/mol. The highest BCUT2D eigenvalue weighted by molar-refractivity contribution is 6.21. The van der Waals surface area contributed by atoms with Crippen molar-refractivity contribution in [3.63, 3.8) is 0 Å². The first-order chi connectivity index (χ1) is 9.24. The van der Waals surface area contributed by atoms with Crippen molar-refractivity contribution in [1.29, 1.82) is 0 Å². The van der Waals surface area contributed by atoms with Crippen LogP contribution >= 0.6 is 11.6 Å². The molecular weight excluding hydrogens is 260 g/mol. The van der Waals surface area contributed by atoms with Crippen LogP contribution in [0.5, 0.6) is 5.75 Å². The van der Waals surface area contributed by atoms with Gasteiger partial charge in [0.05, 0.1) is 12.4 Å². The smallest absolute Gasteiger partial charge is 0.157 e. The third-order valence-corrected chi connectivity index (χ3v) is 5.42. The highest BCUT2D eigenvalue weighted by Crippen LogP contribution is 2.55. The first-order valence-electron chi connectivity index (χ1n) is 7.58. The zero-order chi connectivity index (χ0) is 13.3. The average Bonchev–Trinajstić information content (AvgIpc) is 2.87. The Labute approximate surface area is 120 Å². The van der Waals surface area contributed by atoms with Gasteiger partial charge in [0, 0.05) is 23.8 Å². The summed E-state index contributed by atoms with van der Waals surface area (Å²) in [7, 11) is 0. The third-order valence-electron chi connectivity index (χ3n) is 4.81. The van der Waals surface area contributed by atoms with Crippen LogP contribution in [0.3, 0.4) is 0 Å². The van der Waals surface area contributed by atoms with Crippen LogP contribution in [0, 0.1) is 5.41 Å². The van der Waals surface area contributed by atoms with Crippen LogP contribution in [0.2, 0.25) is 0 Å². The number of halogens is 1. The molecule has 0 bridgehead atoms. The van der Waals surface area contributed by atoms with Gasteiger partial charge in [-0.25, -0.2) is 0 Å². The highest BCUT2D eigenvalue weighted by atomic mass is 35.5. The van der Waals surface area contributed by atoms with Crippen molar-refractivity contribution in [2.75, 3.05) is 0 Å². The normalized spacial score (nSPS) is 29.2. The van der Waals surface area contributed by atoms with Gasteiger partial charge >= 0.3 is 0 Å². The van der Waals surface area contributed by atoms with Gasteiger partial charge < -0.3 is 4.74 Å². The fraction of sp³-hybridized carbons (Fsp3) is 0.800. The maximum absolute atomic E-state index is 6.50. The van der Waals surface area contributed by atoms with Gasteiger partial charge in [0.15, 0.2) is 5.75 Å². The number of rotatable bonds is 4. The standard InChI is InChI=1S/C15H23ClN2O/c1-2-8-18-11-12(10-17-18)19-14-9-13(16)15(14)6-4-3-5-7-15/h10-11,13-14H,2-9H2,1H3. The maximum atomic E-state index is 6.50. The lowest BCUT2D eigenvalue weighted by Gasteiger charge is -2.54. The molecule has 0 N–H and O–H groups in total. The molecule has 2 saturated carbocycles. The SMILES string of the molecule is CCCn1cc(OC2CC(Cl)C23CCCCC3)cn1. The number of alkyl halides is 1. The number of hydrogen-bond acceptors (Lipinski definition) is 2. The lowest BCUT2D eigenvalue weighted by molar-refractivity contribution is -0.0650. The van der Waals surface area contributed by atoms with E-state index in [1.165, 1.54) is 32.1 Å². The van der Waals surface area contributed by atoms with Gasteiger partial charge in [-0.2, -0.15) is 5.10 Å². The second kappa shape index (κ2) is 5.35. The Hall–Kier alpha value is -0.700. The molecule has 2 fully saturated rings. The second-order valence-electron chi connectivity index (χ2n) is 6.04. The van der Waals surface area contributed by atoms with Crippen molar-refractivity contribution >= 4 is 11.6 Å². The number of aryl methyl sites for hydroxylation is 1. The molecule has 106 valence electrons. The van der Waals surface area contributed by atoms with E-state index in [-0.39, 0.29) is 5.41 Å². The lowest BCUT2D eigenvalue weighted by Crippen LogP contribution is -2.58. The van der Waals surface area contributed by atoms with E-state index in [2.05, 4.69) is 12.0 Å². The van der Waals surface area contributed by atoms with Crippen LogP contribution in [0.4, 0.5) is 0 Å². The summed E-state index contributed by atoms with van der Waals surface area (Å²) in [6.45, 7) is 3.11. The molecule has 2 unspecified atom stereocenters. The number of ether oxygens (including phenoxy) is 1. The molecule has 1 aromatic rings. The van der Waals surface area contributed by atoms with E-state index in [9.17, 15) is 0 Å². The van der Waals surface area contributed by atoms with Gasteiger partial charge in [-0.1, -0.05) is 26.2 Å². The number of aromatic nitrogens is 2. The van der Waals surface area contributed by atoms with Crippen molar-refractivity contribution in [2.45, 2.75) is 69.9 Å². The second-order valence-corrected chi connectivity index (χ2v) is 6.57. The van der Waals surface area contributed by atoms with Crippen molar-refractivity contribution in [2.24, 2.45) is 5.41 Å². The summed E-state index contributed by atoms with van der Waals surface area (Å²) in [6.07, 6.45) is 12.7. The minimum absolute atomic E-state index is 0.243. The van der Waals surface area contributed by atoms with E-state index in [0.717, 1.165) is 25.1 Å². The van der Waals surface area contributed by atoms with Gasteiger partial charge in [-0.05, 0) is 19.3 Å². The predicted molar refractivity (Wildman–Crippen MR) is 76.7 cm³/mol. The maximum Gasteiger partial charge on any atom is 0.157 e. The number of hydrogen-bond donors (Lipinski definition) is 0. The van der Waals surface area contributed by atoms with Crippen molar-refractivity contribution < 1.29 is 4.74 Å². The first-order valence-corrected chi connectivity index (χ1v) is 8.01. The summed E-state index contributed by atoms with van der Waals surface area (Å²) in [4.78, 5) is 0. The van der Waals surface area contributed by atoms with Crippen molar-refractivity contribution in [1.82, 2.24) is 9.78 Å². The van der Waals surface area contributed by atoms with E-state index in [4.69, 9.17) is 16.3 Å². The third kappa shape index (κ3) is 2.37. The summed E-state index contributed by atoms with van der Waals surface area (Å²) in [5.41, 5.74) is 0.243. The molecule has 2 aliphatic rings. The van der Waals surface area contributed by atoms with Gasteiger partial charge in [0.1, 0.15) is 6.10 Å². The zero-order valence-electron chi connectivity index (χ0n) is 11.6. The summed E-state index contributed by atoms with van der Waals surface area (Å²) in [5, 5.41) is 4.64. The molecule has 4 heteroatoms. The Kier molecular flexibility index (Phi) is 3.75. The molecular formula is C15H23ClN2O. The molecule has 0 aliphatic heterocycles. The molecule has 0 saturated heterocycles. The van der Waals surface area contributed by atoms with Gasteiger partial charge in [0.25, 0.3) is 0 Å². The van der Waals surface area contributed by atoms with Crippen LogP contribution < -0.4 is 4.74 Å².